The van der Waals surface area contributed by atoms with Crippen LogP contribution in [0.4, 0.5) is 0 Å². The first-order valence-electron chi connectivity index (χ1n) is 5.80. The molecule has 2 aromatic heterocycles. The van der Waals surface area contributed by atoms with Gasteiger partial charge in [-0.25, -0.2) is 9.97 Å². The topological polar surface area (TPSA) is 89.3 Å². The van der Waals surface area contributed by atoms with E-state index in [0.717, 1.165) is 30.8 Å². The van der Waals surface area contributed by atoms with Crippen molar-refractivity contribution in [2.24, 2.45) is 10.9 Å². The lowest BCUT2D eigenvalue weighted by Crippen LogP contribution is -2.19. The third-order valence-corrected chi connectivity index (χ3v) is 3.14. The van der Waals surface area contributed by atoms with Gasteiger partial charge in [-0.05, 0) is 30.9 Å². The number of nitrogens with two attached hydrogens (primary N) is 1. The molecule has 1 aliphatic rings. The van der Waals surface area contributed by atoms with E-state index in [1.54, 1.807) is 17.0 Å². The number of hydrogen-bond donors (Lipinski definition) is 2. The van der Waals surface area contributed by atoms with Crippen molar-refractivity contribution < 1.29 is 5.21 Å². The summed E-state index contributed by atoms with van der Waals surface area (Å²) in [5.74, 6) is 1.11. The standard InChI is InChI=1S/C12H13N5O/c13-11(16-18)12-14-6-7-17(12)10-5-4-8-2-1-3-9(8)15-10/h4-7,18H,1-3H2,(H2,13,16). The van der Waals surface area contributed by atoms with Crippen LogP contribution in [0.25, 0.3) is 5.82 Å². The zero-order valence-corrected chi connectivity index (χ0v) is 9.74. The molecular weight excluding hydrogens is 230 g/mol. The number of pyridine rings is 1. The maximum atomic E-state index is 8.72. The Morgan fingerprint density at radius 3 is 3.11 bits per heavy atom. The monoisotopic (exact) mass is 243 g/mol. The lowest BCUT2D eigenvalue weighted by molar-refractivity contribution is 0.318. The molecule has 0 saturated heterocycles. The normalized spacial score (nSPS) is 14.8. The van der Waals surface area contributed by atoms with E-state index in [1.807, 2.05) is 6.07 Å². The number of fused-ring (bicyclic) bond motifs is 1. The van der Waals surface area contributed by atoms with Crippen LogP contribution in [0.15, 0.2) is 29.7 Å². The summed E-state index contributed by atoms with van der Waals surface area (Å²) in [7, 11) is 0. The Balaban J connectivity index is 2.08. The van der Waals surface area contributed by atoms with Crippen molar-refractivity contribution in [1.82, 2.24) is 14.5 Å². The van der Waals surface area contributed by atoms with Crippen LogP contribution in [0.5, 0.6) is 0 Å². The fourth-order valence-corrected chi connectivity index (χ4v) is 2.27. The summed E-state index contributed by atoms with van der Waals surface area (Å²) in [6.45, 7) is 0. The van der Waals surface area contributed by atoms with Gasteiger partial charge in [-0.15, -0.1) is 0 Å². The maximum Gasteiger partial charge on any atom is 0.206 e. The molecule has 6 heteroatoms. The minimum absolute atomic E-state index is 0.0256. The minimum Gasteiger partial charge on any atom is -0.409 e. The van der Waals surface area contributed by atoms with Gasteiger partial charge < -0.3 is 10.9 Å². The van der Waals surface area contributed by atoms with Crippen molar-refractivity contribution in [3.63, 3.8) is 0 Å². The number of aromatic nitrogens is 3. The Morgan fingerprint density at radius 2 is 2.28 bits per heavy atom. The van der Waals surface area contributed by atoms with Gasteiger partial charge in [0.25, 0.3) is 0 Å². The molecule has 1 aliphatic carbocycles. The van der Waals surface area contributed by atoms with E-state index in [1.165, 1.54) is 5.56 Å². The molecule has 0 saturated carbocycles. The fraction of sp³-hybridized carbons (Fsp3) is 0.250. The van der Waals surface area contributed by atoms with Gasteiger partial charge in [-0.2, -0.15) is 0 Å². The molecular formula is C12H13N5O. The lowest BCUT2D eigenvalue weighted by atomic mass is 10.2. The number of amidine groups is 1. The average molecular weight is 243 g/mol. The minimum atomic E-state index is -0.0256. The van der Waals surface area contributed by atoms with Crippen LogP contribution in [0, 0.1) is 0 Å². The van der Waals surface area contributed by atoms with Gasteiger partial charge in [0.2, 0.25) is 5.84 Å². The first-order valence-corrected chi connectivity index (χ1v) is 5.80. The van der Waals surface area contributed by atoms with E-state index in [4.69, 9.17) is 10.9 Å². The molecule has 3 N–H and O–H groups in total. The summed E-state index contributed by atoms with van der Waals surface area (Å²) in [6.07, 6.45) is 6.61. The van der Waals surface area contributed by atoms with E-state index in [9.17, 15) is 0 Å². The van der Waals surface area contributed by atoms with Gasteiger partial charge >= 0.3 is 0 Å². The number of nitrogens with zero attached hydrogens (tertiary/aromatic N) is 4. The second-order valence-electron chi connectivity index (χ2n) is 4.23. The largest absolute Gasteiger partial charge is 0.409 e. The number of imidazole rings is 1. The quantitative estimate of drug-likeness (QED) is 0.354. The Labute approximate surface area is 104 Å². The molecule has 0 radical (unpaired) electrons. The van der Waals surface area contributed by atoms with Crippen molar-refractivity contribution in [3.8, 4) is 5.82 Å². The molecule has 2 heterocycles. The third kappa shape index (κ3) is 1.62. The SMILES string of the molecule is N/C(=N/O)c1nccn1-c1ccc2c(n1)CCC2. The Hall–Kier alpha value is -2.37. The molecule has 18 heavy (non-hydrogen) atoms. The van der Waals surface area contributed by atoms with Crippen LogP contribution < -0.4 is 5.73 Å². The maximum absolute atomic E-state index is 8.72. The van der Waals surface area contributed by atoms with Crippen molar-refractivity contribution in [2.45, 2.75) is 19.3 Å². The molecule has 0 amide bonds. The van der Waals surface area contributed by atoms with Gasteiger partial charge in [0.1, 0.15) is 5.82 Å². The van der Waals surface area contributed by atoms with Gasteiger partial charge in [0, 0.05) is 18.1 Å². The second kappa shape index (κ2) is 4.14. The van der Waals surface area contributed by atoms with Gasteiger partial charge in [-0.1, -0.05) is 11.2 Å². The van der Waals surface area contributed by atoms with Crippen LogP contribution in [-0.2, 0) is 12.8 Å². The van der Waals surface area contributed by atoms with Crippen LogP contribution >= 0.6 is 0 Å². The highest BCUT2D eigenvalue weighted by atomic mass is 16.4. The molecule has 0 unspecified atom stereocenters. The molecule has 6 nitrogen and oxygen atoms in total. The first-order chi connectivity index (χ1) is 8.79. The van der Waals surface area contributed by atoms with Crippen LogP contribution in [0.1, 0.15) is 23.5 Å². The molecule has 2 aromatic rings. The van der Waals surface area contributed by atoms with Crippen molar-refractivity contribution >= 4 is 5.84 Å². The molecule has 92 valence electrons. The Morgan fingerprint density at radius 1 is 1.39 bits per heavy atom. The highest BCUT2D eigenvalue weighted by molar-refractivity contribution is 5.94. The molecule has 0 aliphatic heterocycles. The number of hydrogen-bond acceptors (Lipinski definition) is 4. The first kappa shape index (κ1) is 10.8. The smallest absolute Gasteiger partial charge is 0.206 e. The zero-order valence-electron chi connectivity index (χ0n) is 9.74. The summed E-state index contributed by atoms with van der Waals surface area (Å²) >= 11 is 0. The van der Waals surface area contributed by atoms with Gasteiger partial charge in [0.15, 0.2) is 5.82 Å². The number of oxime groups is 1. The molecule has 3 rings (SSSR count). The summed E-state index contributed by atoms with van der Waals surface area (Å²) < 4.78 is 1.72. The lowest BCUT2D eigenvalue weighted by Gasteiger charge is -2.07. The van der Waals surface area contributed by atoms with Gasteiger partial charge in [-0.3, -0.25) is 4.57 Å². The van der Waals surface area contributed by atoms with E-state index in [0.29, 0.717) is 5.82 Å². The highest BCUT2D eigenvalue weighted by Gasteiger charge is 2.15. The summed E-state index contributed by atoms with van der Waals surface area (Å²) in [5, 5.41) is 11.7. The van der Waals surface area contributed by atoms with Crippen LogP contribution in [0.2, 0.25) is 0 Å². The van der Waals surface area contributed by atoms with Crippen molar-refractivity contribution in [3.05, 3.63) is 41.6 Å². The van der Waals surface area contributed by atoms with Crippen molar-refractivity contribution in [2.75, 3.05) is 0 Å². The zero-order chi connectivity index (χ0) is 12.5. The Bertz CT molecular complexity index is 617. The molecule has 0 aromatic carbocycles. The van der Waals surface area contributed by atoms with Gasteiger partial charge in [0.05, 0.1) is 0 Å². The molecule has 0 fully saturated rings. The predicted octanol–water partition coefficient (Wildman–Crippen LogP) is 0.850. The van der Waals surface area contributed by atoms with Crippen molar-refractivity contribution in [1.29, 1.82) is 0 Å². The van der Waals surface area contributed by atoms with E-state index >= 15 is 0 Å². The molecule has 0 spiro atoms. The number of rotatable bonds is 2. The fourth-order valence-electron chi connectivity index (χ4n) is 2.27. The van der Waals surface area contributed by atoms with E-state index in [-0.39, 0.29) is 5.84 Å². The van der Waals surface area contributed by atoms with Crippen LogP contribution in [-0.4, -0.2) is 25.6 Å². The van der Waals surface area contributed by atoms with E-state index in [2.05, 4.69) is 21.2 Å². The average Bonchev–Trinajstić information content (AvgIpc) is 3.05. The predicted molar refractivity (Wildman–Crippen MR) is 65.9 cm³/mol. The summed E-state index contributed by atoms with van der Waals surface area (Å²) in [5.41, 5.74) is 8.02. The number of aryl methyl sites for hydroxylation is 2. The summed E-state index contributed by atoms with van der Waals surface area (Å²) in [6, 6.07) is 4.01. The summed E-state index contributed by atoms with van der Waals surface area (Å²) in [4.78, 5) is 8.67. The highest BCUT2D eigenvalue weighted by Crippen LogP contribution is 2.21. The van der Waals surface area contributed by atoms with Crippen LogP contribution in [0.3, 0.4) is 0 Å². The molecule has 0 atom stereocenters. The Kier molecular flexibility index (Phi) is 2.47. The third-order valence-electron chi connectivity index (χ3n) is 3.14. The molecule has 0 bridgehead atoms. The van der Waals surface area contributed by atoms with E-state index < -0.39 is 0 Å². The second-order valence-corrected chi connectivity index (χ2v) is 4.23.